The molecule has 0 fully saturated rings. The van der Waals surface area contributed by atoms with Crippen molar-refractivity contribution in [2.45, 2.75) is 14.7 Å². The number of nitrogens with zero attached hydrogens (tertiary/aromatic N) is 5. The number of nitrogen functional groups attached to an aromatic ring is 1. The fourth-order valence-electron chi connectivity index (χ4n) is 5.92. The summed E-state index contributed by atoms with van der Waals surface area (Å²) in [4.78, 5) is 20.6. The summed E-state index contributed by atoms with van der Waals surface area (Å²) in [7, 11) is -12.5. The van der Waals surface area contributed by atoms with Gasteiger partial charge in [0.2, 0.25) is 0 Å². The SMILES string of the molecule is COc1cc(N=Nc2c(S(=O)(=O)O)cc3cc(NC(=O)c4ccc(N)cc4)ccc3c2O)c(OC)cc1N=Nc1ccc(C=Cc2ccc([N+](=O)[O-])cc2S(=O)(=O)O)c(S(=O)(=O)O)c1. The molecule has 22 nitrogen and oxygen atoms in total. The molecular formula is C39H31N7O15S3. The van der Waals surface area contributed by atoms with Gasteiger partial charge in [0.15, 0.2) is 5.75 Å². The molecule has 0 heterocycles. The number of amides is 1. The van der Waals surface area contributed by atoms with Crippen LogP contribution in [0.2, 0.25) is 0 Å². The summed E-state index contributed by atoms with van der Waals surface area (Å²) < 4.78 is 114. The van der Waals surface area contributed by atoms with Gasteiger partial charge in [-0.1, -0.05) is 18.2 Å². The molecule has 0 bridgehead atoms. The first-order valence-corrected chi connectivity index (χ1v) is 22.0. The number of nitrogens with two attached hydrogens (primary N) is 1. The minimum absolute atomic E-state index is 0.0296. The molecule has 0 aromatic heterocycles. The molecule has 0 radical (unpaired) electrons. The molecule has 1 amide bonds. The van der Waals surface area contributed by atoms with E-state index in [1.807, 2.05) is 0 Å². The van der Waals surface area contributed by atoms with Crippen LogP contribution in [0.25, 0.3) is 22.9 Å². The maximum absolute atomic E-state index is 12.8. The van der Waals surface area contributed by atoms with E-state index >= 15 is 0 Å². The molecule has 0 aliphatic rings. The zero-order valence-corrected chi connectivity index (χ0v) is 35.2. The monoisotopic (exact) mass is 933 g/mol. The molecule has 0 aliphatic heterocycles. The molecule has 330 valence electrons. The van der Waals surface area contributed by atoms with Gasteiger partial charge in [-0.3, -0.25) is 28.6 Å². The zero-order chi connectivity index (χ0) is 46.7. The van der Waals surface area contributed by atoms with Crippen molar-refractivity contribution < 1.29 is 63.2 Å². The zero-order valence-electron chi connectivity index (χ0n) is 32.7. The van der Waals surface area contributed by atoms with Crippen molar-refractivity contribution in [3.8, 4) is 17.2 Å². The normalized spacial score (nSPS) is 12.3. The van der Waals surface area contributed by atoms with E-state index in [-0.39, 0.29) is 61.7 Å². The summed E-state index contributed by atoms with van der Waals surface area (Å²) in [5, 5.41) is 41.2. The fraction of sp³-hybridized carbons (Fsp3) is 0.0513. The number of carbonyl (C=O) groups is 1. The highest BCUT2D eigenvalue weighted by atomic mass is 32.2. The first-order valence-electron chi connectivity index (χ1n) is 17.7. The minimum atomic E-state index is -5.05. The summed E-state index contributed by atoms with van der Waals surface area (Å²) in [6.07, 6.45) is 2.11. The summed E-state index contributed by atoms with van der Waals surface area (Å²) in [6, 6.07) is 19.8. The van der Waals surface area contributed by atoms with Gasteiger partial charge in [0, 0.05) is 46.6 Å². The Labute approximate surface area is 362 Å². The van der Waals surface area contributed by atoms with Crippen molar-refractivity contribution in [2.24, 2.45) is 20.5 Å². The molecular weight excluding hydrogens is 903 g/mol. The Hall–Kier alpha value is -7.68. The molecule has 0 saturated carbocycles. The van der Waals surface area contributed by atoms with Gasteiger partial charge in [-0.15, -0.1) is 15.3 Å². The summed E-state index contributed by atoms with van der Waals surface area (Å²) in [6.45, 7) is 0. The number of methoxy groups -OCH3 is 2. The standard InChI is InChI=1S/C39H31N7O15S3/c1-60-32-20-31(44-45-37-36(64(57,58)59)16-24-15-26(12-14-29(24)38(37)47)41-39(48)23-5-9-25(40)10-6-23)33(61-2)19-30(32)43-42-27-11-7-21(34(17-27)62(51,52)53)3-4-22-8-13-28(46(49)50)18-35(22)63(54,55)56/h3-20,47H,40H2,1-2H3,(H,41,48)(H,51,52,53)(H,54,55,56)(H,57,58,59). The quantitative estimate of drug-likeness (QED) is 0.0150. The van der Waals surface area contributed by atoms with Crippen molar-refractivity contribution in [1.29, 1.82) is 0 Å². The molecule has 6 aromatic carbocycles. The molecule has 7 N–H and O–H groups in total. The number of fused-ring (bicyclic) bond motifs is 1. The van der Waals surface area contributed by atoms with Crippen molar-refractivity contribution in [2.75, 3.05) is 25.3 Å². The lowest BCUT2D eigenvalue weighted by Crippen LogP contribution is -2.11. The highest BCUT2D eigenvalue weighted by Gasteiger charge is 2.24. The molecule has 0 spiro atoms. The number of rotatable bonds is 14. The number of nitro groups is 1. The van der Waals surface area contributed by atoms with E-state index in [1.54, 1.807) is 0 Å². The van der Waals surface area contributed by atoms with E-state index in [4.69, 9.17) is 15.2 Å². The number of nitro benzene ring substituents is 1. The van der Waals surface area contributed by atoms with E-state index in [0.29, 0.717) is 11.8 Å². The molecule has 0 aliphatic carbocycles. The van der Waals surface area contributed by atoms with Crippen molar-refractivity contribution in [1.82, 2.24) is 0 Å². The molecule has 6 aromatic rings. The van der Waals surface area contributed by atoms with Crippen LogP contribution in [0.1, 0.15) is 21.5 Å². The Balaban J connectivity index is 1.31. The lowest BCUT2D eigenvalue weighted by molar-refractivity contribution is -0.385. The van der Waals surface area contributed by atoms with Crippen LogP contribution in [0.4, 0.5) is 39.8 Å². The van der Waals surface area contributed by atoms with Gasteiger partial charge in [-0.05, 0) is 83.2 Å². The van der Waals surface area contributed by atoms with Gasteiger partial charge in [0.1, 0.15) is 43.2 Å². The van der Waals surface area contributed by atoms with Crippen molar-refractivity contribution in [3.63, 3.8) is 0 Å². The van der Waals surface area contributed by atoms with Crippen molar-refractivity contribution >= 4 is 99.0 Å². The van der Waals surface area contributed by atoms with Gasteiger partial charge in [0.25, 0.3) is 41.9 Å². The number of nitrogens with one attached hydrogen (secondary N) is 1. The number of aromatic hydroxyl groups is 1. The molecule has 25 heteroatoms. The third kappa shape index (κ3) is 10.3. The minimum Gasteiger partial charge on any atom is -0.505 e. The lowest BCUT2D eigenvalue weighted by Gasteiger charge is -2.12. The smallest absolute Gasteiger partial charge is 0.296 e. The van der Waals surface area contributed by atoms with E-state index in [9.17, 15) is 58.9 Å². The second-order valence-corrected chi connectivity index (χ2v) is 17.3. The Kier molecular flexibility index (Phi) is 12.9. The number of carbonyl (C=O) groups excluding carboxylic acids is 1. The number of hydrogen-bond acceptors (Lipinski definition) is 17. The second-order valence-electron chi connectivity index (χ2n) is 13.1. The summed E-state index contributed by atoms with van der Waals surface area (Å²) in [5.74, 6) is -1.28. The molecule has 0 saturated heterocycles. The highest BCUT2D eigenvalue weighted by Crippen LogP contribution is 2.45. The van der Waals surface area contributed by atoms with E-state index in [1.165, 1.54) is 80.9 Å². The Morgan fingerprint density at radius 3 is 1.78 bits per heavy atom. The Morgan fingerprint density at radius 2 is 1.23 bits per heavy atom. The number of ether oxygens (including phenoxy) is 2. The van der Waals surface area contributed by atoms with Crippen LogP contribution in [0.15, 0.2) is 132 Å². The Morgan fingerprint density at radius 1 is 0.688 bits per heavy atom. The highest BCUT2D eigenvalue weighted by molar-refractivity contribution is 7.86. The molecule has 0 unspecified atom stereocenters. The number of anilines is 2. The summed E-state index contributed by atoms with van der Waals surface area (Å²) in [5.41, 5.74) is 4.65. The average molecular weight is 934 g/mol. The van der Waals surface area contributed by atoms with Crippen LogP contribution in [-0.2, 0) is 30.4 Å². The summed E-state index contributed by atoms with van der Waals surface area (Å²) >= 11 is 0. The van der Waals surface area contributed by atoms with E-state index in [2.05, 4.69) is 25.8 Å². The van der Waals surface area contributed by atoms with Gasteiger partial charge < -0.3 is 25.6 Å². The number of hydrogen-bond donors (Lipinski definition) is 6. The van der Waals surface area contributed by atoms with Crippen LogP contribution >= 0.6 is 0 Å². The average Bonchev–Trinajstić information content (AvgIpc) is 3.23. The third-order valence-electron chi connectivity index (χ3n) is 8.97. The number of phenolic OH excluding ortho intramolecular Hbond substituents is 1. The Bertz CT molecular complexity index is 3320. The predicted octanol–water partition coefficient (Wildman–Crippen LogP) is 8.05. The number of non-ortho nitro benzene ring substituents is 1. The van der Waals surface area contributed by atoms with Crippen LogP contribution < -0.4 is 20.5 Å². The van der Waals surface area contributed by atoms with Gasteiger partial charge >= 0.3 is 0 Å². The molecule has 64 heavy (non-hydrogen) atoms. The van der Waals surface area contributed by atoms with Crippen LogP contribution in [0.3, 0.4) is 0 Å². The van der Waals surface area contributed by atoms with Crippen LogP contribution in [-0.4, -0.2) is 69.1 Å². The van der Waals surface area contributed by atoms with Crippen molar-refractivity contribution in [3.05, 3.63) is 124 Å². The number of benzene rings is 6. The lowest BCUT2D eigenvalue weighted by atomic mass is 10.1. The predicted molar refractivity (Wildman–Crippen MR) is 230 cm³/mol. The van der Waals surface area contributed by atoms with Gasteiger partial charge in [-0.25, -0.2) is 0 Å². The maximum atomic E-state index is 12.8. The van der Waals surface area contributed by atoms with E-state index in [0.717, 1.165) is 36.4 Å². The van der Waals surface area contributed by atoms with E-state index < -0.39 is 73.0 Å². The molecule has 6 rings (SSSR count). The maximum Gasteiger partial charge on any atom is 0.296 e. The van der Waals surface area contributed by atoms with Gasteiger partial charge in [0.05, 0.1) is 24.8 Å². The second kappa shape index (κ2) is 18.0. The van der Waals surface area contributed by atoms with Crippen LogP contribution in [0, 0.1) is 10.1 Å². The fourth-order valence-corrected chi connectivity index (χ4v) is 7.99. The number of phenols is 1. The number of azo groups is 2. The molecule has 0 atom stereocenters. The largest absolute Gasteiger partial charge is 0.505 e. The first kappa shape index (κ1) is 45.8. The van der Waals surface area contributed by atoms with Crippen LogP contribution in [0.5, 0.6) is 17.2 Å². The third-order valence-corrected chi connectivity index (χ3v) is 11.7. The first-order chi connectivity index (χ1) is 30.1. The van der Waals surface area contributed by atoms with Gasteiger partial charge in [-0.2, -0.15) is 30.4 Å². The topological polar surface area (TPSA) is 350 Å².